The maximum atomic E-state index is 13.0. The van der Waals surface area contributed by atoms with Crippen LogP contribution in [0.5, 0.6) is 11.5 Å². The fourth-order valence-corrected chi connectivity index (χ4v) is 5.46. The molecule has 0 saturated heterocycles. The Morgan fingerprint density at radius 3 is 2.65 bits per heavy atom. The maximum absolute atomic E-state index is 13.0. The Hall–Kier alpha value is -2.98. The van der Waals surface area contributed by atoms with E-state index in [4.69, 9.17) is 21.1 Å². The molecule has 0 radical (unpaired) electrons. The molecular weight excluding hydrogens is 482 g/mol. The predicted octanol–water partition coefficient (Wildman–Crippen LogP) is 3.21. The van der Waals surface area contributed by atoms with Crippen LogP contribution < -0.4 is 24.8 Å². The molecule has 9 nitrogen and oxygen atoms in total. The Balaban J connectivity index is 1.95. The lowest BCUT2D eigenvalue weighted by molar-refractivity contribution is 0.0926. The minimum Gasteiger partial charge on any atom is -0.496 e. The second-order valence-corrected chi connectivity index (χ2v) is 9.97. The minimum atomic E-state index is -4.11. The zero-order valence-electron chi connectivity index (χ0n) is 19.4. The number of fused-ring (bicyclic) bond motifs is 1. The first-order chi connectivity index (χ1) is 16.1. The van der Waals surface area contributed by atoms with Gasteiger partial charge in [-0.2, -0.15) is 0 Å². The molecule has 1 heterocycles. The van der Waals surface area contributed by atoms with Crippen molar-refractivity contribution < 1.29 is 27.5 Å². The van der Waals surface area contributed by atoms with Gasteiger partial charge in [-0.1, -0.05) is 18.5 Å². The van der Waals surface area contributed by atoms with Gasteiger partial charge in [-0.3, -0.25) is 4.79 Å². The van der Waals surface area contributed by atoms with Crippen molar-refractivity contribution in [2.75, 3.05) is 20.8 Å². The highest BCUT2D eigenvalue weighted by Gasteiger charge is 2.32. The second-order valence-electron chi connectivity index (χ2n) is 7.89. The summed E-state index contributed by atoms with van der Waals surface area (Å²) < 4.78 is 38.9. The smallest absolute Gasteiger partial charge is 0.328 e. The van der Waals surface area contributed by atoms with Gasteiger partial charge in [-0.15, -0.1) is 0 Å². The summed E-state index contributed by atoms with van der Waals surface area (Å²) in [6.45, 7) is 4.09. The van der Waals surface area contributed by atoms with Gasteiger partial charge in [-0.05, 0) is 55.7 Å². The highest BCUT2D eigenvalue weighted by Crippen LogP contribution is 2.39. The van der Waals surface area contributed by atoms with Crippen molar-refractivity contribution in [2.45, 2.75) is 43.5 Å². The van der Waals surface area contributed by atoms with Gasteiger partial charge in [0.25, 0.3) is 15.9 Å². The molecule has 1 aliphatic heterocycles. The third-order valence-corrected chi connectivity index (χ3v) is 7.42. The van der Waals surface area contributed by atoms with Crippen molar-refractivity contribution in [3.05, 3.63) is 52.0 Å². The Morgan fingerprint density at radius 1 is 1.26 bits per heavy atom. The molecule has 2 unspecified atom stereocenters. The fraction of sp³-hybridized carbons (Fsp3) is 0.391. The summed E-state index contributed by atoms with van der Waals surface area (Å²) in [7, 11) is -1.31. The van der Waals surface area contributed by atoms with Crippen molar-refractivity contribution in [1.82, 2.24) is 15.4 Å². The van der Waals surface area contributed by atoms with Gasteiger partial charge in [0.1, 0.15) is 11.5 Å². The first-order valence-corrected chi connectivity index (χ1v) is 12.7. The van der Waals surface area contributed by atoms with Crippen LogP contribution in [0.3, 0.4) is 0 Å². The average molecular weight is 510 g/mol. The zero-order valence-corrected chi connectivity index (χ0v) is 21.0. The third-order valence-electron chi connectivity index (χ3n) is 5.77. The highest BCUT2D eigenvalue weighted by molar-refractivity contribution is 7.90. The third kappa shape index (κ3) is 5.39. The predicted molar refractivity (Wildman–Crippen MR) is 128 cm³/mol. The Bertz CT molecular complexity index is 1200. The molecule has 184 valence electrons. The summed E-state index contributed by atoms with van der Waals surface area (Å²) in [5.41, 5.74) is 1.47. The highest BCUT2D eigenvalue weighted by atomic mass is 35.5. The maximum Gasteiger partial charge on any atom is 0.328 e. The standard InChI is InChI=1S/C23H28ClN3O6S/c1-5-14-10-20-17(12-21(14)34(30,31)27-23(29)25-3)16(8-9-33-20)13(2)26-22(28)18-11-15(24)6-7-19(18)32-4/h6-7,10-13,16H,5,8-9H2,1-4H3,(H,26,28)(H2,25,27,29). The van der Waals surface area contributed by atoms with Gasteiger partial charge >= 0.3 is 6.03 Å². The molecule has 0 aliphatic carbocycles. The Labute approximate surface area is 204 Å². The van der Waals surface area contributed by atoms with Gasteiger partial charge in [0.05, 0.1) is 24.2 Å². The summed E-state index contributed by atoms with van der Waals surface area (Å²) in [5, 5.41) is 5.62. The van der Waals surface area contributed by atoms with Crippen LogP contribution >= 0.6 is 11.6 Å². The molecule has 0 fully saturated rings. The monoisotopic (exact) mass is 509 g/mol. The van der Waals surface area contributed by atoms with Crippen molar-refractivity contribution in [1.29, 1.82) is 0 Å². The number of urea groups is 1. The molecule has 2 aromatic carbocycles. The van der Waals surface area contributed by atoms with E-state index in [1.165, 1.54) is 26.3 Å². The van der Waals surface area contributed by atoms with Gasteiger partial charge in [-0.25, -0.2) is 17.9 Å². The topological polar surface area (TPSA) is 123 Å². The lowest BCUT2D eigenvalue weighted by atomic mass is 9.86. The average Bonchev–Trinajstić information content (AvgIpc) is 2.82. The van der Waals surface area contributed by atoms with Crippen LogP contribution in [0.2, 0.25) is 5.02 Å². The van der Waals surface area contributed by atoms with E-state index in [2.05, 4.69) is 10.6 Å². The number of rotatable bonds is 7. The number of halogens is 1. The lowest BCUT2D eigenvalue weighted by Crippen LogP contribution is -2.39. The van der Waals surface area contributed by atoms with Crippen LogP contribution in [-0.4, -0.2) is 47.2 Å². The van der Waals surface area contributed by atoms with Gasteiger partial charge in [0, 0.05) is 29.6 Å². The number of carbonyl (C=O) groups excluding carboxylic acids is 2. The van der Waals surface area contributed by atoms with Crippen LogP contribution in [-0.2, 0) is 16.4 Å². The summed E-state index contributed by atoms with van der Waals surface area (Å²) >= 11 is 6.06. The van der Waals surface area contributed by atoms with Crippen LogP contribution in [0.25, 0.3) is 0 Å². The Morgan fingerprint density at radius 2 is 2.00 bits per heavy atom. The molecule has 34 heavy (non-hydrogen) atoms. The van der Waals surface area contributed by atoms with Gasteiger partial charge in [0.15, 0.2) is 0 Å². The normalized spacial score (nSPS) is 16.0. The number of benzene rings is 2. The molecule has 0 saturated carbocycles. The number of carbonyl (C=O) groups is 2. The summed E-state index contributed by atoms with van der Waals surface area (Å²) in [6.07, 6.45) is 0.987. The molecule has 0 spiro atoms. The van der Waals surface area contributed by atoms with E-state index in [0.717, 1.165) is 0 Å². The number of ether oxygens (including phenoxy) is 2. The van der Waals surface area contributed by atoms with Crippen LogP contribution in [0.4, 0.5) is 4.79 Å². The lowest BCUT2D eigenvalue weighted by Gasteiger charge is -2.32. The minimum absolute atomic E-state index is 0.00267. The number of methoxy groups -OCH3 is 1. The van der Waals surface area contributed by atoms with E-state index < -0.39 is 16.1 Å². The second kappa shape index (κ2) is 10.5. The summed E-state index contributed by atoms with van der Waals surface area (Å²) in [6, 6.07) is 6.81. The first kappa shape index (κ1) is 25.6. The number of aryl methyl sites for hydroxylation is 1. The summed E-state index contributed by atoms with van der Waals surface area (Å²) in [5.74, 6) is 0.369. The molecule has 2 aromatic rings. The van der Waals surface area contributed by atoms with Crippen LogP contribution in [0.1, 0.15) is 47.7 Å². The largest absolute Gasteiger partial charge is 0.496 e. The molecule has 2 atom stereocenters. The molecule has 0 bridgehead atoms. The molecule has 11 heteroatoms. The van der Waals surface area contributed by atoms with E-state index in [9.17, 15) is 18.0 Å². The van der Waals surface area contributed by atoms with E-state index in [-0.39, 0.29) is 22.8 Å². The first-order valence-electron chi connectivity index (χ1n) is 10.8. The van der Waals surface area contributed by atoms with Crippen molar-refractivity contribution in [3.63, 3.8) is 0 Å². The summed E-state index contributed by atoms with van der Waals surface area (Å²) in [4.78, 5) is 24.7. The van der Waals surface area contributed by atoms with Crippen molar-refractivity contribution in [3.8, 4) is 11.5 Å². The quantitative estimate of drug-likeness (QED) is 0.526. The molecular formula is C23H28ClN3O6S. The molecule has 3 rings (SSSR count). The van der Waals surface area contributed by atoms with Crippen molar-refractivity contribution in [2.24, 2.45) is 0 Å². The van der Waals surface area contributed by atoms with E-state index in [0.29, 0.717) is 52.7 Å². The van der Waals surface area contributed by atoms with Gasteiger partial charge < -0.3 is 20.1 Å². The molecule has 3 amide bonds. The molecule has 0 aromatic heterocycles. The number of sulfonamides is 1. The van der Waals surface area contributed by atoms with E-state index in [1.807, 2.05) is 18.6 Å². The number of hydrogen-bond donors (Lipinski definition) is 3. The SMILES string of the molecule is CCc1cc2c(cc1S(=O)(=O)NC(=O)NC)C(C(C)NC(=O)c1cc(Cl)ccc1OC)CCO2. The van der Waals surface area contributed by atoms with Gasteiger partial charge in [0.2, 0.25) is 0 Å². The molecule has 1 aliphatic rings. The number of nitrogens with one attached hydrogen (secondary N) is 3. The van der Waals surface area contributed by atoms with Crippen LogP contribution in [0.15, 0.2) is 35.2 Å². The van der Waals surface area contributed by atoms with Crippen LogP contribution in [0, 0.1) is 0 Å². The zero-order chi connectivity index (χ0) is 25.0. The fourth-order valence-electron chi connectivity index (χ4n) is 4.00. The molecule has 3 N–H and O–H groups in total. The van der Waals surface area contributed by atoms with Crippen molar-refractivity contribution >= 4 is 33.6 Å². The number of hydrogen-bond acceptors (Lipinski definition) is 6. The van der Waals surface area contributed by atoms with E-state index >= 15 is 0 Å². The van der Waals surface area contributed by atoms with E-state index in [1.54, 1.807) is 18.2 Å². The Kier molecular flexibility index (Phi) is 7.93. The number of amides is 3.